The molecule has 66 valence electrons. The molecule has 4 heteroatoms. The summed E-state index contributed by atoms with van der Waals surface area (Å²) in [6.45, 7) is 0. The van der Waals surface area contributed by atoms with Crippen LogP contribution >= 0.6 is 0 Å². The lowest BCUT2D eigenvalue weighted by Gasteiger charge is -2.08. The Labute approximate surface area is 67.5 Å². The molecule has 0 aromatic heterocycles. The summed E-state index contributed by atoms with van der Waals surface area (Å²) in [5, 5.41) is 8.81. The summed E-state index contributed by atoms with van der Waals surface area (Å²) in [6, 6.07) is 4.54. The van der Waals surface area contributed by atoms with Crippen LogP contribution in [-0.4, -0.2) is 11.5 Å². The quantitative estimate of drug-likeness (QED) is 0.731. The molecular formula is C8H7F3O. The van der Waals surface area contributed by atoms with Gasteiger partial charge < -0.3 is 5.11 Å². The van der Waals surface area contributed by atoms with Crippen LogP contribution in [0, 0.1) is 5.82 Å². The van der Waals surface area contributed by atoms with Crippen molar-refractivity contribution in [2.24, 2.45) is 0 Å². The lowest BCUT2D eigenvalue weighted by Crippen LogP contribution is -2.07. The summed E-state index contributed by atoms with van der Waals surface area (Å²) in [6.07, 6.45) is -4.78. The van der Waals surface area contributed by atoms with Crippen LogP contribution in [-0.2, 0) is 0 Å². The first-order chi connectivity index (χ1) is 5.61. The molecule has 0 aliphatic heterocycles. The minimum absolute atomic E-state index is 0.106. The fourth-order valence-electron chi connectivity index (χ4n) is 0.836. The molecule has 0 radical (unpaired) electrons. The third-order valence-corrected chi connectivity index (χ3v) is 1.43. The van der Waals surface area contributed by atoms with Crippen LogP contribution in [0.25, 0.3) is 0 Å². The summed E-state index contributed by atoms with van der Waals surface area (Å²) in [4.78, 5) is 0. The number of rotatable bonds is 2. The summed E-state index contributed by atoms with van der Waals surface area (Å²) in [5.74, 6) is -0.632. The number of hydrogen-bond donors (Lipinski definition) is 1. The Balaban J connectivity index is 2.88. The molecule has 1 nitrogen and oxygen atoms in total. The van der Waals surface area contributed by atoms with Crippen molar-refractivity contribution in [3.8, 4) is 0 Å². The standard InChI is InChI=1S/C8H7F3O/c9-6-3-1-2-5(4-6)7(12)8(10)11/h1-4,7-8,12H/t7-/m1/s1. The van der Waals surface area contributed by atoms with Crippen LogP contribution in [0.1, 0.15) is 11.7 Å². The van der Waals surface area contributed by atoms with E-state index < -0.39 is 18.3 Å². The SMILES string of the molecule is O[C@H](c1cccc(F)c1)C(F)F. The van der Waals surface area contributed by atoms with Crippen molar-refractivity contribution in [1.82, 2.24) is 0 Å². The number of halogens is 3. The highest BCUT2D eigenvalue weighted by molar-refractivity contribution is 5.19. The number of hydrogen-bond acceptors (Lipinski definition) is 1. The molecule has 1 aromatic carbocycles. The Morgan fingerprint density at radius 3 is 2.42 bits per heavy atom. The number of aliphatic hydroxyl groups is 1. The molecule has 0 heterocycles. The molecule has 0 amide bonds. The lowest BCUT2D eigenvalue weighted by atomic mass is 10.1. The van der Waals surface area contributed by atoms with Crippen molar-refractivity contribution in [1.29, 1.82) is 0 Å². The van der Waals surface area contributed by atoms with Gasteiger partial charge >= 0.3 is 0 Å². The van der Waals surface area contributed by atoms with Gasteiger partial charge in [0.1, 0.15) is 11.9 Å². The van der Waals surface area contributed by atoms with Gasteiger partial charge in [-0.15, -0.1) is 0 Å². The maximum atomic E-state index is 12.4. The van der Waals surface area contributed by atoms with E-state index in [0.717, 1.165) is 12.1 Å². The van der Waals surface area contributed by atoms with Crippen LogP contribution in [0.15, 0.2) is 24.3 Å². The Morgan fingerprint density at radius 1 is 1.25 bits per heavy atom. The van der Waals surface area contributed by atoms with Gasteiger partial charge in [0.2, 0.25) is 0 Å². The second-order valence-electron chi connectivity index (χ2n) is 2.33. The zero-order chi connectivity index (χ0) is 9.14. The van der Waals surface area contributed by atoms with Crippen molar-refractivity contribution in [3.05, 3.63) is 35.6 Å². The van der Waals surface area contributed by atoms with Gasteiger partial charge in [0, 0.05) is 0 Å². The highest BCUT2D eigenvalue weighted by atomic mass is 19.3. The zero-order valence-electron chi connectivity index (χ0n) is 6.05. The Hall–Kier alpha value is -1.03. The molecule has 0 bridgehead atoms. The molecule has 1 rings (SSSR count). The van der Waals surface area contributed by atoms with Crippen molar-refractivity contribution < 1.29 is 18.3 Å². The van der Waals surface area contributed by atoms with Crippen LogP contribution in [0.3, 0.4) is 0 Å². The first-order valence-corrected chi connectivity index (χ1v) is 3.33. The van der Waals surface area contributed by atoms with Crippen LogP contribution in [0.2, 0.25) is 0 Å². The first kappa shape index (κ1) is 9.06. The number of alkyl halides is 2. The number of aliphatic hydroxyl groups excluding tert-OH is 1. The maximum Gasteiger partial charge on any atom is 0.268 e. The van der Waals surface area contributed by atoms with Gasteiger partial charge in [0.15, 0.2) is 0 Å². The molecule has 0 aliphatic carbocycles. The van der Waals surface area contributed by atoms with E-state index in [4.69, 9.17) is 5.11 Å². The summed E-state index contributed by atoms with van der Waals surface area (Å²) in [5.41, 5.74) is -0.106. The molecule has 0 unspecified atom stereocenters. The average Bonchev–Trinajstić information content (AvgIpc) is 2.03. The Morgan fingerprint density at radius 2 is 1.92 bits per heavy atom. The first-order valence-electron chi connectivity index (χ1n) is 3.33. The summed E-state index contributed by atoms with van der Waals surface area (Å²) in [7, 11) is 0. The highest BCUT2D eigenvalue weighted by Gasteiger charge is 2.18. The monoisotopic (exact) mass is 176 g/mol. The molecule has 1 aromatic rings. The molecule has 0 fully saturated rings. The maximum absolute atomic E-state index is 12.4. The molecule has 1 atom stereocenters. The van der Waals surface area contributed by atoms with Gasteiger partial charge in [-0.25, -0.2) is 13.2 Å². The third kappa shape index (κ3) is 1.98. The molecule has 1 N–H and O–H groups in total. The summed E-state index contributed by atoms with van der Waals surface area (Å²) < 4.78 is 36.2. The molecule has 0 aliphatic rings. The second-order valence-corrected chi connectivity index (χ2v) is 2.33. The van der Waals surface area contributed by atoms with Crippen molar-refractivity contribution in [3.63, 3.8) is 0 Å². The second kappa shape index (κ2) is 3.58. The van der Waals surface area contributed by atoms with Crippen LogP contribution < -0.4 is 0 Å². The predicted octanol–water partition coefficient (Wildman–Crippen LogP) is 2.12. The number of benzene rings is 1. The van der Waals surface area contributed by atoms with E-state index in [2.05, 4.69) is 0 Å². The molecule has 0 saturated carbocycles. The van der Waals surface area contributed by atoms with Gasteiger partial charge in [-0.2, -0.15) is 0 Å². The van der Waals surface area contributed by atoms with E-state index in [-0.39, 0.29) is 5.56 Å². The van der Waals surface area contributed by atoms with Crippen LogP contribution in [0.4, 0.5) is 13.2 Å². The molecule has 12 heavy (non-hydrogen) atoms. The topological polar surface area (TPSA) is 20.2 Å². The minimum atomic E-state index is -2.88. The largest absolute Gasteiger partial charge is 0.382 e. The molecule has 0 saturated heterocycles. The predicted molar refractivity (Wildman–Crippen MR) is 37.4 cm³/mol. The minimum Gasteiger partial charge on any atom is -0.382 e. The Kier molecular flexibility index (Phi) is 2.70. The third-order valence-electron chi connectivity index (χ3n) is 1.43. The zero-order valence-corrected chi connectivity index (χ0v) is 6.05. The van der Waals surface area contributed by atoms with Gasteiger partial charge in [-0.1, -0.05) is 12.1 Å². The normalized spacial score (nSPS) is 13.4. The van der Waals surface area contributed by atoms with Gasteiger partial charge in [-0.3, -0.25) is 0 Å². The van der Waals surface area contributed by atoms with E-state index in [1.165, 1.54) is 12.1 Å². The molecule has 0 spiro atoms. The van der Waals surface area contributed by atoms with E-state index in [1.54, 1.807) is 0 Å². The van der Waals surface area contributed by atoms with E-state index in [9.17, 15) is 13.2 Å². The average molecular weight is 176 g/mol. The van der Waals surface area contributed by atoms with Gasteiger partial charge in [0.05, 0.1) is 0 Å². The van der Waals surface area contributed by atoms with E-state index in [1.807, 2.05) is 0 Å². The van der Waals surface area contributed by atoms with Gasteiger partial charge in [0.25, 0.3) is 6.43 Å². The van der Waals surface area contributed by atoms with Gasteiger partial charge in [-0.05, 0) is 17.7 Å². The van der Waals surface area contributed by atoms with E-state index in [0.29, 0.717) is 0 Å². The van der Waals surface area contributed by atoms with E-state index >= 15 is 0 Å². The fraction of sp³-hybridized carbons (Fsp3) is 0.250. The smallest absolute Gasteiger partial charge is 0.268 e. The van der Waals surface area contributed by atoms with Crippen molar-refractivity contribution in [2.45, 2.75) is 12.5 Å². The summed E-state index contributed by atoms with van der Waals surface area (Å²) >= 11 is 0. The van der Waals surface area contributed by atoms with Crippen LogP contribution in [0.5, 0.6) is 0 Å². The van der Waals surface area contributed by atoms with Crippen molar-refractivity contribution >= 4 is 0 Å². The molecular weight excluding hydrogens is 169 g/mol. The fourth-order valence-corrected chi connectivity index (χ4v) is 0.836. The lowest BCUT2D eigenvalue weighted by molar-refractivity contribution is -0.00591. The highest BCUT2D eigenvalue weighted by Crippen LogP contribution is 2.20. The van der Waals surface area contributed by atoms with Crippen molar-refractivity contribution in [2.75, 3.05) is 0 Å². The Bertz CT molecular complexity index is 262.